The summed E-state index contributed by atoms with van der Waals surface area (Å²) < 4.78 is 61.9. The first-order valence-corrected chi connectivity index (χ1v) is 13.3. The molecule has 1 aliphatic rings. The Morgan fingerprint density at radius 2 is 1.66 bits per heavy atom. The topological polar surface area (TPSA) is 70.8 Å². The van der Waals surface area contributed by atoms with E-state index in [2.05, 4.69) is 4.98 Å². The lowest BCUT2D eigenvalue weighted by Crippen LogP contribution is -2.42. The molecule has 38 heavy (non-hydrogen) atoms. The van der Waals surface area contributed by atoms with E-state index in [1.54, 1.807) is 13.8 Å². The Bertz CT molecular complexity index is 1050. The number of aryl methyl sites for hydroxylation is 1. The van der Waals surface area contributed by atoms with E-state index in [1.165, 1.54) is 12.1 Å². The van der Waals surface area contributed by atoms with Crippen molar-refractivity contribution in [3.8, 4) is 11.5 Å². The van der Waals surface area contributed by atoms with Gasteiger partial charge in [-0.1, -0.05) is 13.3 Å². The van der Waals surface area contributed by atoms with Gasteiger partial charge in [0.15, 0.2) is 5.60 Å². The van der Waals surface area contributed by atoms with E-state index in [0.29, 0.717) is 48.5 Å². The number of oxazole rings is 1. The van der Waals surface area contributed by atoms with Gasteiger partial charge in [0, 0.05) is 18.6 Å². The van der Waals surface area contributed by atoms with Gasteiger partial charge >= 0.3 is 12.1 Å². The van der Waals surface area contributed by atoms with Crippen molar-refractivity contribution in [1.82, 2.24) is 4.98 Å². The lowest BCUT2D eigenvalue weighted by Gasteiger charge is -2.33. The molecule has 1 saturated carbocycles. The number of esters is 1. The van der Waals surface area contributed by atoms with Crippen LogP contribution < -0.4 is 0 Å². The highest BCUT2D eigenvalue weighted by molar-refractivity contribution is 5.78. The van der Waals surface area contributed by atoms with Crippen LogP contribution in [0.15, 0.2) is 28.7 Å². The van der Waals surface area contributed by atoms with Gasteiger partial charge in [-0.05, 0) is 90.0 Å². The Balaban J connectivity index is 1.50. The summed E-state index contributed by atoms with van der Waals surface area (Å²) in [5.41, 5.74) is -1.13. The highest BCUT2D eigenvalue weighted by Gasteiger charge is 2.35. The number of aromatic nitrogens is 1. The normalized spacial score (nSPS) is 19.0. The van der Waals surface area contributed by atoms with Gasteiger partial charge in [0.2, 0.25) is 5.89 Å². The molecule has 0 radical (unpaired) electrons. The monoisotopic (exact) mass is 539 g/mol. The molecule has 0 bridgehead atoms. The Labute approximate surface area is 223 Å². The molecule has 0 saturated heterocycles. The molecule has 1 heterocycles. The Hall–Kier alpha value is -2.39. The molecule has 0 aliphatic heterocycles. The maximum Gasteiger partial charge on any atom is 0.416 e. The van der Waals surface area contributed by atoms with E-state index in [0.717, 1.165) is 37.8 Å². The second-order valence-electron chi connectivity index (χ2n) is 11.6. The number of hydrogen-bond donors (Lipinski definition) is 0. The van der Waals surface area contributed by atoms with Crippen LogP contribution in [-0.2, 0) is 38.2 Å². The molecule has 1 unspecified atom stereocenters. The number of carbonyl (C=O) groups is 1. The average molecular weight is 540 g/mol. The largest absolute Gasteiger partial charge is 0.458 e. The standard InChI is InChI=1S/C29H40F3NO5/c1-7-24-23(33-25(37-24)21-11-13-22(14-12-21)29(30,31)32)18-35-16-19-9-8-10-20(15-19)17-36-28(5,6)26(34)38-27(2,3)4/h11-14,19-20H,7-10,15-18H2,1-6H3/t19-,20?/m1/s1. The molecule has 9 heteroatoms. The lowest BCUT2D eigenvalue weighted by molar-refractivity contribution is -0.181. The summed E-state index contributed by atoms with van der Waals surface area (Å²) in [5.74, 6) is 1.29. The third-order valence-corrected chi connectivity index (χ3v) is 6.61. The summed E-state index contributed by atoms with van der Waals surface area (Å²) in [5, 5.41) is 0. The minimum atomic E-state index is -4.39. The quantitative estimate of drug-likeness (QED) is 0.293. The molecular formula is C29H40F3NO5. The number of nitrogens with zero attached hydrogens (tertiary/aromatic N) is 1. The first kappa shape index (κ1) is 30.2. The molecule has 2 aromatic rings. The Morgan fingerprint density at radius 1 is 1.03 bits per heavy atom. The zero-order valence-electron chi connectivity index (χ0n) is 23.2. The van der Waals surface area contributed by atoms with Gasteiger partial charge in [-0.3, -0.25) is 0 Å². The van der Waals surface area contributed by atoms with Gasteiger partial charge in [-0.25, -0.2) is 9.78 Å². The zero-order chi connectivity index (χ0) is 28.1. The molecule has 2 atom stereocenters. The van der Waals surface area contributed by atoms with E-state index < -0.39 is 22.9 Å². The number of alkyl halides is 3. The van der Waals surface area contributed by atoms with E-state index in [-0.39, 0.29) is 18.5 Å². The van der Waals surface area contributed by atoms with Crippen molar-refractivity contribution in [2.45, 2.75) is 97.6 Å². The SMILES string of the molecule is CCc1oc(-c2ccc(C(F)(F)F)cc2)nc1COC[C@@H]1CCCC(COC(C)(C)C(=O)OC(C)(C)C)C1. The van der Waals surface area contributed by atoms with Crippen LogP contribution in [0.25, 0.3) is 11.5 Å². The summed E-state index contributed by atoms with van der Waals surface area (Å²) in [4.78, 5) is 17.0. The molecule has 0 spiro atoms. The second-order valence-corrected chi connectivity index (χ2v) is 11.6. The van der Waals surface area contributed by atoms with Crippen molar-refractivity contribution in [3.05, 3.63) is 41.3 Å². The molecule has 1 aromatic carbocycles. The third-order valence-electron chi connectivity index (χ3n) is 6.61. The van der Waals surface area contributed by atoms with E-state index >= 15 is 0 Å². The number of ether oxygens (including phenoxy) is 3. The van der Waals surface area contributed by atoms with Gasteiger partial charge in [-0.15, -0.1) is 0 Å². The molecule has 0 N–H and O–H groups in total. The molecule has 1 fully saturated rings. The highest BCUT2D eigenvalue weighted by atomic mass is 19.4. The van der Waals surface area contributed by atoms with Crippen LogP contribution in [0.1, 0.15) is 84.2 Å². The summed E-state index contributed by atoms with van der Waals surface area (Å²) in [6.07, 6.45) is 0.324. The van der Waals surface area contributed by atoms with Crippen LogP contribution in [0.4, 0.5) is 13.2 Å². The van der Waals surface area contributed by atoms with E-state index in [1.807, 2.05) is 27.7 Å². The predicted molar refractivity (Wildman–Crippen MR) is 137 cm³/mol. The fourth-order valence-corrected chi connectivity index (χ4v) is 4.51. The fourth-order valence-electron chi connectivity index (χ4n) is 4.51. The molecule has 212 valence electrons. The molecule has 1 aromatic heterocycles. The summed E-state index contributed by atoms with van der Waals surface area (Å²) in [6.45, 7) is 12.3. The van der Waals surface area contributed by atoms with Crippen LogP contribution in [0.2, 0.25) is 0 Å². The van der Waals surface area contributed by atoms with Gasteiger partial charge in [-0.2, -0.15) is 13.2 Å². The predicted octanol–water partition coefficient (Wildman–Crippen LogP) is 7.38. The van der Waals surface area contributed by atoms with Crippen LogP contribution in [0, 0.1) is 11.8 Å². The summed E-state index contributed by atoms with van der Waals surface area (Å²) in [6, 6.07) is 4.79. The van der Waals surface area contributed by atoms with Crippen LogP contribution in [-0.4, -0.2) is 35.4 Å². The first-order valence-electron chi connectivity index (χ1n) is 13.3. The second kappa shape index (κ2) is 12.2. The maximum absolute atomic E-state index is 12.9. The van der Waals surface area contributed by atoms with Gasteiger partial charge in [0.05, 0.1) is 18.8 Å². The van der Waals surface area contributed by atoms with Crippen LogP contribution >= 0.6 is 0 Å². The summed E-state index contributed by atoms with van der Waals surface area (Å²) >= 11 is 0. The van der Waals surface area contributed by atoms with Crippen molar-refractivity contribution in [2.24, 2.45) is 11.8 Å². The Morgan fingerprint density at radius 3 is 2.24 bits per heavy atom. The lowest BCUT2D eigenvalue weighted by atomic mass is 9.82. The Kier molecular flexibility index (Phi) is 9.68. The number of benzene rings is 1. The zero-order valence-corrected chi connectivity index (χ0v) is 23.2. The number of halogens is 3. The minimum Gasteiger partial charge on any atom is -0.458 e. The highest BCUT2D eigenvalue weighted by Crippen LogP contribution is 2.33. The number of rotatable bonds is 10. The van der Waals surface area contributed by atoms with Crippen molar-refractivity contribution in [1.29, 1.82) is 0 Å². The minimum absolute atomic E-state index is 0.274. The average Bonchev–Trinajstić information content (AvgIpc) is 3.25. The molecule has 0 amide bonds. The third kappa shape index (κ3) is 8.56. The van der Waals surface area contributed by atoms with Gasteiger partial charge in [0.1, 0.15) is 17.1 Å². The van der Waals surface area contributed by atoms with E-state index in [4.69, 9.17) is 18.6 Å². The molecule has 6 nitrogen and oxygen atoms in total. The van der Waals surface area contributed by atoms with Crippen molar-refractivity contribution in [2.75, 3.05) is 13.2 Å². The maximum atomic E-state index is 12.9. The van der Waals surface area contributed by atoms with Crippen molar-refractivity contribution in [3.63, 3.8) is 0 Å². The van der Waals surface area contributed by atoms with Gasteiger partial charge in [0.25, 0.3) is 0 Å². The smallest absolute Gasteiger partial charge is 0.416 e. The molecular weight excluding hydrogens is 499 g/mol. The number of hydrogen-bond acceptors (Lipinski definition) is 6. The van der Waals surface area contributed by atoms with Crippen LogP contribution in [0.3, 0.4) is 0 Å². The van der Waals surface area contributed by atoms with E-state index in [9.17, 15) is 18.0 Å². The summed E-state index contributed by atoms with van der Waals surface area (Å²) in [7, 11) is 0. The first-order chi connectivity index (χ1) is 17.7. The fraction of sp³-hybridized carbons (Fsp3) is 0.655. The van der Waals surface area contributed by atoms with Gasteiger partial charge < -0.3 is 18.6 Å². The molecule has 1 aliphatic carbocycles. The number of carbonyl (C=O) groups excluding carboxylic acids is 1. The molecule has 3 rings (SSSR count). The van der Waals surface area contributed by atoms with Crippen molar-refractivity contribution >= 4 is 5.97 Å². The van der Waals surface area contributed by atoms with Crippen LogP contribution in [0.5, 0.6) is 0 Å². The van der Waals surface area contributed by atoms with Crippen molar-refractivity contribution < 1.29 is 36.6 Å².